The number of nitrogens with one attached hydrogen (secondary N) is 2. The number of benzene rings is 2. The largest absolute Gasteiger partial charge is 0.352 e. The van der Waals surface area contributed by atoms with Gasteiger partial charge >= 0.3 is 0 Å². The van der Waals surface area contributed by atoms with Crippen molar-refractivity contribution in [3.8, 4) is 5.69 Å². The van der Waals surface area contributed by atoms with E-state index in [2.05, 4.69) is 20.7 Å². The second-order valence-electron chi connectivity index (χ2n) is 5.85. The molecule has 2 aromatic carbocycles. The van der Waals surface area contributed by atoms with Crippen LogP contribution in [0.4, 0.5) is 5.69 Å². The normalized spacial score (nSPS) is 10.4. The Morgan fingerprint density at radius 1 is 1.15 bits per heavy atom. The van der Waals surface area contributed by atoms with E-state index in [4.69, 9.17) is 11.6 Å². The molecular formula is C19H18ClN5O2. The fourth-order valence-corrected chi connectivity index (χ4v) is 2.86. The quantitative estimate of drug-likeness (QED) is 0.684. The Kier molecular flexibility index (Phi) is 5.83. The van der Waals surface area contributed by atoms with Crippen molar-refractivity contribution >= 4 is 29.1 Å². The summed E-state index contributed by atoms with van der Waals surface area (Å²) in [7, 11) is 0. The molecule has 0 atom stereocenters. The van der Waals surface area contributed by atoms with Crippen LogP contribution in [0.15, 0.2) is 55.1 Å². The van der Waals surface area contributed by atoms with E-state index in [-0.39, 0.29) is 24.8 Å². The number of halogens is 1. The molecule has 3 rings (SSSR count). The second-order valence-corrected chi connectivity index (χ2v) is 6.25. The van der Waals surface area contributed by atoms with Gasteiger partial charge in [0.2, 0.25) is 5.91 Å². The molecule has 1 aromatic heterocycles. The molecule has 0 aliphatic rings. The molecule has 0 bridgehead atoms. The zero-order chi connectivity index (χ0) is 19.2. The lowest BCUT2D eigenvalue weighted by molar-refractivity contribution is -0.116. The zero-order valence-corrected chi connectivity index (χ0v) is 15.4. The van der Waals surface area contributed by atoms with Crippen LogP contribution >= 0.6 is 11.6 Å². The first-order chi connectivity index (χ1) is 13.1. The molecule has 0 saturated carbocycles. The standard InChI is InChI=1S/C19H18ClN5O2/c1-13-5-2-3-6-14(13)19(27)22-10-9-17(26)24-16-8-4-7-15(20)18(16)25-12-21-11-23-25/h2-8,11-12H,9-10H2,1H3,(H,22,27)(H,24,26). The maximum absolute atomic E-state index is 12.3. The Labute approximate surface area is 161 Å². The maximum Gasteiger partial charge on any atom is 0.251 e. The van der Waals surface area contributed by atoms with E-state index in [1.54, 1.807) is 30.3 Å². The summed E-state index contributed by atoms with van der Waals surface area (Å²) in [6.45, 7) is 2.09. The van der Waals surface area contributed by atoms with Gasteiger partial charge in [-0.15, -0.1) is 0 Å². The molecule has 0 fully saturated rings. The molecule has 0 aliphatic carbocycles. The summed E-state index contributed by atoms with van der Waals surface area (Å²) in [5.74, 6) is -0.448. The van der Waals surface area contributed by atoms with E-state index in [1.165, 1.54) is 17.3 Å². The van der Waals surface area contributed by atoms with Gasteiger partial charge in [0.15, 0.2) is 0 Å². The van der Waals surface area contributed by atoms with Crippen LogP contribution in [0.1, 0.15) is 22.3 Å². The number of aryl methyl sites for hydroxylation is 1. The summed E-state index contributed by atoms with van der Waals surface area (Å²) < 4.78 is 1.48. The molecule has 0 saturated heterocycles. The van der Waals surface area contributed by atoms with Crippen molar-refractivity contribution < 1.29 is 9.59 Å². The predicted molar refractivity (Wildman–Crippen MR) is 103 cm³/mol. The van der Waals surface area contributed by atoms with Gasteiger partial charge in [0, 0.05) is 18.5 Å². The van der Waals surface area contributed by atoms with Gasteiger partial charge in [-0.25, -0.2) is 9.67 Å². The number of anilines is 1. The Morgan fingerprint density at radius 2 is 1.96 bits per heavy atom. The number of aromatic nitrogens is 3. The Bertz CT molecular complexity index is 956. The van der Waals surface area contributed by atoms with Crippen LogP contribution in [0, 0.1) is 6.92 Å². The molecule has 27 heavy (non-hydrogen) atoms. The molecule has 3 aromatic rings. The third kappa shape index (κ3) is 4.51. The molecular weight excluding hydrogens is 366 g/mol. The summed E-state index contributed by atoms with van der Waals surface area (Å²) in [4.78, 5) is 28.4. The van der Waals surface area contributed by atoms with Crippen LogP contribution in [-0.2, 0) is 4.79 Å². The number of hydrogen-bond donors (Lipinski definition) is 2. The predicted octanol–water partition coefficient (Wildman–Crippen LogP) is 2.99. The van der Waals surface area contributed by atoms with Gasteiger partial charge in [-0.3, -0.25) is 9.59 Å². The number of amides is 2. The van der Waals surface area contributed by atoms with Crippen molar-refractivity contribution in [2.45, 2.75) is 13.3 Å². The monoisotopic (exact) mass is 383 g/mol. The third-order valence-electron chi connectivity index (χ3n) is 3.94. The minimum Gasteiger partial charge on any atom is -0.352 e. The molecule has 0 unspecified atom stereocenters. The lowest BCUT2D eigenvalue weighted by Gasteiger charge is -2.12. The summed E-state index contributed by atoms with van der Waals surface area (Å²) in [5.41, 5.74) is 2.54. The highest BCUT2D eigenvalue weighted by molar-refractivity contribution is 6.33. The lowest BCUT2D eigenvalue weighted by Crippen LogP contribution is -2.28. The van der Waals surface area contributed by atoms with Gasteiger partial charge in [0.25, 0.3) is 5.91 Å². The molecule has 0 radical (unpaired) electrons. The first kappa shape index (κ1) is 18.6. The van der Waals surface area contributed by atoms with Crippen LogP contribution in [0.25, 0.3) is 5.69 Å². The Hall–Kier alpha value is -3.19. The number of carbonyl (C=O) groups is 2. The fraction of sp³-hybridized carbons (Fsp3) is 0.158. The van der Waals surface area contributed by atoms with E-state index in [9.17, 15) is 9.59 Å². The van der Waals surface area contributed by atoms with Crippen LogP contribution < -0.4 is 10.6 Å². The van der Waals surface area contributed by atoms with E-state index in [0.717, 1.165) is 5.56 Å². The first-order valence-electron chi connectivity index (χ1n) is 8.33. The van der Waals surface area contributed by atoms with Crippen molar-refractivity contribution in [2.24, 2.45) is 0 Å². The van der Waals surface area contributed by atoms with Gasteiger partial charge in [-0.05, 0) is 30.7 Å². The molecule has 2 N–H and O–H groups in total. The number of carbonyl (C=O) groups excluding carboxylic acids is 2. The smallest absolute Gasteiger partial charge is 0.251 e. The fourth-order valence-electron chi connectivity index (χ4n) is 2.60. The average Bonchev–Trinajstić information content (AvgIpc) is 3.16. The van der Waals surface area contributed by atoms with Crippen molar-refractivity contribution in [1.29, 1.82) is 0 Å². The number of para-hydroxylation sites is 1. The second kappa shape index (κ2) is 8.46. The Morgan fingerprint density at radius 3 is 2.70 bits per heavy atom. The summed E-state index contributed by atoms with van der Waals surface area (Å²) in [5, 5.41) is 10.0. The van der Waals surface area contributed by atoms with Crippen molar-refractivity contribution in [3.63, 3.8) is 0 Å². The first-order valence-corrected chi connectivity index (χ1v) is 8.71. The van der Waals surface area contributed by atoms with Crippen LogP contribution in [0.5, 0.6) is 0 Å². The van der Waals surface area contributed by atoms with E-state index < -0.39 is 0 Å². The van der Waals surface area contributed by atoms with Crippen LogP contribution in [0.2, 0.25) is 5.02 Å². The SMILES string of the molecule is Cc1ccccc1C(=O)NCCC(=O)Nc1cccc(Cl)c1-n1cncn1. The van der Waals surface area contributed by atoms with Gasteiger partial charge in [-0.2, -0.15) is 5.10 Å². The van der Waals surface area contributed by atoms with Crippen LogP contribution in [-0.4, -0.2) is 33.1 Å². The highest BCUT2D eigenvalue weighted by atomic mass is 35.5. The average molecular weight is 384 g/mol. The van der Waals surface area contributed by atoms with Gasteiger partial charge in [-0.1, -0.05) is 35.9 Å². The molecule has 7 nitrogen and oxygen atoms in total. The minimum absolute atomic E-state index is 0.126. The number of hydrogen-bond acceptors (Lipinski definition) is 4. The molecule has 138 valence electrons. The zero-order valence-electron chi connectivity index (χ0n) is 14.6. The summed E-state index contributed by atoms with van der Waals surface area (Å²) in [6, 6.07) is 12.5. The van der Waals surface area contributed by atoms with E-state index in [1.807, 2.05) is 19.1 Å². The lowest BCUT2D eigenvalue weighted by atomic mass is 10.1. The van der Waals surface area contributed by atoms with E-state index in [0.29, 0.717) is 22.0 Å². The summed E-state index contributed by atoms with van der Waals surface area (Å²) in [6.07, 6.45) is 3.01. The maximum atomic E-state index is 12.3. The Balaban J connectivity index is 1.60. The molecule has 0 spiro atoms. The molecule has 1 heterocycles. The minimum atomic E-state index is -0.247. The van der Waals surface area contributed by atoms with Crippen molar-refractivity contribution in [3.05, 3.63) is 71.3 Å². The molecule has 2 amide bonds. The topological polar surface area (TPSA) is 88.9 Å². The summed E-state index contributed by atoms with van der Waals surface area (Å²) >= 11 is 6.24. The van der Waals surface area contributed by atoms with E-state index >= 15 is 0 Å². The third-order valence-corrected chi connectivity index (χ3v) is 4.24. The van der Waals surface area contributed by atoms with Gasteiger partial charge < -0.3 is 10.6 Å². The highest BCUT2D eigenvalue weighted by Gasteiger charge is 2.13. The van der Waals surface area contributed by atoms with Gasteiger partial charge in [0.05, 0.1) is 10.7 Å². The number of nitrogens with zero attached hydrogens (tertiary/aromatic N) is 3. The number of rotatable bonds is 6. The highest BCUT2D eigenvalue weighted by Crippen LogP contribution is 2.27. The molecule has 8 heteroatoms. The van der Waals surface area contributed by atoms with Crippen LogP contribution in [0.3, 0.4) is 0 Å². The van der Waals surface area contributed by atoms with Gasteiger partial charge in [0.1, 0.15) is 18.3 Å². The van der Waals surface area contributed by atoms with Crippen molar-refractivity contribution in [1.82, 2.24) is 20.1 Å². The van der Waals surface area contributed by atoms with Crippen molar-refractivity contribution in [2.75, 3.05) is 11.9 Å². The molecule has 0 aliphatic heterocycles.